The smallest absolute Gasteiger partial charge is 0.320 e. The summed E-state index contributed by atoms with van der Waals surface area (Å²) in [5.41, 5.74) is 0. The van der Waals surface area contributed by atoms with Crippen LogP contribution in [0.5, 0.6) is 0 Å². The highest BCUT2D eigenvalue weighted by atomic mass is 35.5. The Hall–Kier alpha value is -0.480. The van der Waals surface area contributed by atoms with Gasteiger partial charge in [0.15, 0.2) is 0 Å². The highest BCUT2D eigenvalue weighted by molar-refractivity contribution is 5.85. The second-order valence-corrected chi connectivity index (χ2v) is 4.59. The molecule has 4 nitrogen and oxygen atoms in total. The lowest BCUT2D eigenvalue weighted by molar-refractivity contribution is 0.146. The van der Waals surface area contributed by atoms with Gasteiger partial charge < -0.3 is 15.1 Å². The van der Waals surface area contributed by atoms with Crippen LogP contribution in [-0.4, -0.2) is 55.1 Å². The Morgan fingerprint density at radius 1 is 1.31 bits per heavy atom. The molecule has 0 bridgehead atoms. The molecule has 1 N–H and O–H groups in total. The first-order chi connectivity index (χ1) is 7.29. The number of hydrogen-bond donors (Lipinski definition) is 1. The molecule has 2 heterocycles. The van der Waals surface area contributed by atoms with E-state index < -0.39 is 0 Å². The summed E-state index contributed by atoms with van der Waals surface area (Å²) in [6.07, 6.45) is 4.66. The Morgan fingerprint density at radius 3 is 2.56 bits per heavy atom. The summed E-state index contributed by atoms with van der Waals surface area (Å²) in [5, 5.41) is 3.35. The van der Waals surface area contributed by atoms with Crippen LogP contribution in [0.2, 0.25) is 0 Å². The van der Waals surface area contributed by atoms with Crippen molar-refractivity contribution in [2.75, 3.05) is 33.2 Å². The summed E-state index contributed by atoms with van der Waals surface area (Å²) < 4.78 is 0. The molecule has 0 unspecified atom stereocenters. The van der Waals surface area contributed by atoms with Gasteiger partial charge in [0.05, 0.1) is 0 Å². The fourth-order valence-electron chi connectivity index (χ4n) is 2.45. The highest BCUT2D eigenvalue weighted by Gasteiger charge is 2.26. The number of nitrogens with one attached hydrogen (secondary N) is 1. The molecule has 16 heavy (non-hydrogen) atoms. The van der Waals surface area contributed by atoms with Gasteiger partial charge in [-0.2, -0.15) is 0 Å². The average Bonchev–Trinajstić information content (AvgIpc) is 2.82. The largest absolute Gasteiger partial charge is 0.325 e. The van der Waals surface area contributed by atoms with E-state index in [2.05, 4.69) is 5.32 Å². The first kappa shape index (κ1) is 13.6. The maximum atomic E-state index is 12.1. The fraction of sp³-hybridized carbons (Fsp3) is 0.909. The van der Waals surface area contributed by atoms with Crippen molar-refractivity contribution in [3.63, 3.8) is 0 Å². The van der Waals surface area contributed by atoms with E-state index in [1.165, 1.54) is 19.3 Å². The summed E-state index contributed by atoms with van der Waals surface area (Å²) >= 11 is 0. The molecule has 0 spiro atoms. The van der Waals surface area contributed by atoms with Gasteiger partial charge in [0.25, 0.3) is 0 Å². The minimum Gasteiger partial charge on any atom is -0.325 e. The van der Waals surface area contributed by atoms with E-state index in [0.717, 1.165) is 32.6 Å². The van der Waals surface area contributed by atoms with Crippen molar-refractivity contribution in [3.05, 3.63) is 0 Å². The van der Waals surface area contributed by atoms with Crippen molar-refractivity contribution < 1.29 is 4.79 Å². The lowest BCUT2D eigenvalue weighted by atomic mass is 10.1. The summed E-state index contributed by atoms with van der Waals surface area (Å²) in [5.74, 6) is 0. The topological polar surface area (TPSA) is 35.6 Å². The standard InChI is InChI=1S/C11H21N3O.ClH/c1-13(10-5-4-6-12-9-10)11(15)14-7-2-3-8-14;/h10,12H,2-9H2,1H3;1H/t10-;/m0./s1. The zero-order chi connectivity index (χ0) is 10.7. The van der Waals surface area contributed by atoms with E-state index in [1.807, 2.05) is 16.8 Å². The van der Waals surface area contributed by atoms with Crippen molar-refractivity contribution >= 4 is 18.4 Å². The summed E-state index contributed by atoms with van der Waals surface area (Å²) in [6, 6.07) is 0.619. The van der Waals surface area contributed by atoms with Crippen LogP contribution in [0.25, 0.3) is 0 Å². The number of nitrogens with zero attached hydrogens (tertiary/aromatic N) is 2. The lowest BCUT2D eigenvalue weighted by Gasteiger charge is -2.34. The molecule has 2 aliphatic heterocycles. The lowest BCUT2D eigenvalue weighted by Crippen LogP contribution is -2.50. The number of rotatable bonds is 1. The molecule has 94 valence electrons. The third-order valence-corrected chi connectivity index (χ3v) is 3.50. The molecular formula is C11H22ClN3O. The summed E-state index contributed by atoms with van der Waals surface area (Å²) in [7, 11) is 1.94. The number of likely N-dealkylation sites (tertiary alicyclic amines) is 1. The number of hydrogen-bond acceptors (Lipinski definition) is 2. The Kier molecular flexibility index (Phi) is 5.35. The molecule has 5 heteroatoms. The first-order valence-electron chi connectivity index (χ1n) is 6.01. The number of halogens is 1. The normalized spacial score (nSPS) is 25.1. The maximum Gasteiger partial charge on any atom is 0.320 e. The molecule has 0 aliphatic carbocycles. The number of carbonyl (C=O) groups is 1. The Labute approximate surface area is 104 Å². The third-order valence-electron chi connectivity index (χ3n) is 3.50. The van der Waals surface area contributed by atoms with E-state index >= 15 is 0 Å². The molecule has 0 aromatic rings. The zero-order valence-electron chi connectivity index (χ0n) is 9.95. The van der Waals surface area contributed by atoms with Crippen LogP contribution in [0.1, 0.15) is 25.7 Å². The van der Waals surface area contributed by atoms with Crippen molar-refractivity contribution in [1.29, 1.82) is 0 Å². The molecule has 2 aliphatic rings. The van der Waals surface area contributed by atoms with Gasteiger partial charge in [-0.1, -0.05) is 0 Å². The van der Waals surface area contributed by atoms with Crippen LogP contribution in [0.4, 0.5) is 4.79 Å². The van der Waals surface area contributed by atoms with E-state index in [4.69, 9.17) is 0 Å². The predicted octanol–water partition coefficient (Wildman–Crippen LogP) is 1.31. The van der Waals surface area contributed by atoms with E-state index in [-0.39, 0.29) is 18.4 Å². The maximum absolute atomic E-state index is 12.1. The van der Waals surface area contributed by atoms with Crippen LogP contribution in [-0.2, 0) is 0 Å². The van der Waals surface area contributed by atoms with Gasteiger partial charge in [0.2, 0.25) is 0 Å². The second kappa shape index (κ2) is 6.30. The first-order valence-corrected chi connectivity index (χ1v) is 6.01. The molecule has 0 aromatic heterocycles. The molecular weight excluding hydrogens is 226 g/mol. The predicted molar refractivity (Wildman–Crippen MR) is 67.1 cm³/mol. The number of piperidine rings is 1. The molecule has 1 atom stereocenters. The quantitative estimate of drug-likeness (QED) is 0.759. The van der Waals surface area contributed by atoms with Crippen molar-refractivity contribution in [2.45, 2.75) is 31.7 Å². The third kappa shape index (κ3) is 3.01. The summed E-state index contributed by atoms with van der Waals surface area (Å²) in [6.45, 7) is 3.95. The molecule has 2 fully saturated rings. The van der Waals surface area contributed by atoms with Crippen molar-refractivity contribution in [3.8, 4) is 0 Å². The summed E-state index contributed by atoms with van der Waals surface area (Å²) in [4.78, 5) is 16.0. The van der Waals surface area contributed by atoms with Gasteiger partial charge >= 0.3 is 6.03 Å². The van der Waals surface area contributed by atoms with E-state index in [1.54, 1.807) is 0 Å². The van der Waals surface area contributed by atoms with Gasteiger partial charge in [-0.3, -0.25) is 0 Å². The van der Waals surface area contributed by atoms with Gasteiger partial charge in [-0.15, -0.1) is 12.4 Å². The number of urea groups is 1. The monoisotopic (exact) mass is 247 g/mol. The van der Waals surface area contributed by atoms with Crippen LogP contribution in [0.15, 0.2) is 0 Å². The zero-order valence-corrected chi connectivity index (χ0v) is 10.8. The van der Waals surface area contributed by atoms with Crippen LogP contribution < -0.4 is 5.32 Å². The SMILES string of the molecule is CN(C(=O)N1CCCC1)[C@H]1CCCNC1.Cl. The van der Waals surface area contributed by atoms with Gasteiger partial charge in [-0.25, -0.2) is 4.79 Å². The minimum atomic E-state index is 0. The Morgan fingerprint density at radius 2 is 2.00 bits per heavy atom. The van der Waals surface area contributed by atoms with Crippen LogP contribution in [0, 0.1) is 0 Å². The Bertz CT molecular complexity index is 225. The molecule has 0 aromatic carbocycles. The minimum absolute atomic E-state index is 0. The fourth-order valence-corrected chi connectivity index (χ4v) is 2.45. The average molecular weight is 248 g/mol. The number of amides is 2. The highest BCUT2D eigenvalue weighted by Crippen LogP contribution is 2.14. The second-order valence-electron chi connectivity index (χ2n) is 4.59. The molecule has 2 rings (SSSR count). The Balaban J connectivity index is 0.00000128. The van der Waals surface area contributed by atoms with Gasteiger partial charge in [0.1, 0.15) is 0 Å². The van der Waals surface area contributed by atoms with Gasteiger partial charge in [0, 0.05) is 32.7 Å². The van der Waals surface area contributed by atoms with Crippen molar-refractivity contribution in [2.24, 2.45) is 0 Å². The number of likely N-dealkylation sites (N-methyl/N-ethyl adjacent to an activating group) is 1. The van der Waals surface area contributed by atoms with Crippen LogP contribution in [0.3, 0.4) is 0 Å². The van der Waals surface area contributed by atoms with Crippen molar-refractivity contribution in [1.82, 2.24) is 15.1 Å². The molecule has 0 radical (unpaired) electrons. The molecule has 0 saturated carbocycles. The van der Waals surface area contributed by atoms with E-state index in [9.17, 15) is 4.79 Å². The number of carbonyl (C=O) groups excluding carboxylic acids is 1. The van der Waals surface area contributed by atoms with Crippen LogP contribution >= 0.6 is 12.4 Å². The molecule has 2 amide bonds. The van der Waals surface area contributed by atoms with Gasteiger partial charge in [-0.05, 0) is 32.2 Å². The van der Waals surface area contributed by atoms with E-state index in [0.29, 0.717) is 6.04 Å². The molecule has 2 saturated heterocycles.